The number of hydrogen-bond donors (Lipinski definition) is 0. The van der Waals surface area contributed by atoms with E-state index >= 15 is 0 Å². The highest BCUT2D eigenvalue weighted by atomic mass is 16.6. The van der Waals surface area contributed by atoms with E-state index in [2.05, 4.69) is 0 Å². The van der Waals surface area contributed by atoms with Gasteiger partial charge in [-0.3, -0.25) is 14.9 Å². The highest BCUT2D eigenvalue weighted by Crippen LogP contribution is 2.13. The third-order valence-electron chi connectivity index (χ3n) is 2.36. The number of Topliss-reactive ketones (excluding diaryl/α,β-unsaturated/α-hetero) is 1. The van der Waals surface area contributed by atoms with E-state index in [-0.39, 0.29) is 18.2 Å². The second-order valence-electron chi connectivity index (χ2n) is 4.30. The van der Waals surface area contributed by atoms with Crippen LogP contribution in [0.25, 0.3) is 0 Å². The molecule has 0 aliphatic carbocycles. The van der Waals surface area contributed by atoms with Crippen LogP contribution in [0, 0.1) is 10.1 Å². The Balaban J connectivity index is 2.50. The van der Waals surface area contributed by atoms with Crippen LogP contribution in [0.2, 0.25) is 0 Å². The second kappa shape index (κ2) is 6.63. The SMILES string of the molecule is CC(C)OC(=O)C(=O)CCc1ccc([N+](=O)[O-])cc1. The molecule has 102 valence electrons. The number of nitro groups is 1. The summed E-state index contributed by atoms with van der Waals surface area (Å²) in [6, 6.07) is 5.87. The fraction of sp³-hybridized carbons (Fsp3) is 0.385. The monoisotopic (exact) mass is 265 g/mol. The molecule has 1 aromatic rings. The molecule has 0 aliphatic rings. The number of ketones is 1. The number of benzene rings is 1. The minimum Gasteiger partial charge on any atom is -0.457 e. The number of hydrogen-bond acceptors (Lipinski definition) is 5. The van der Waals surface area contributed by atoms with E-state index in [9.17, 15) is 19.7 Å². The molecule has 0 bridgehead atoms. The molecule has 0 amide bonds. The summed E-state index contributed by atoms with van der Waals surface area (Å²) in [6.45, 7) is 3.34. The van der Waals surface area contributed by atoms with E-state index in [1.165, 1.54) is 12.1 Å². The average molecular weight is 265 g/mol. The molecule has 19 heavy (non-hydrogen) atoms. The fourth-order valence-electron chi connectivity index (χ4n) is 1.42. The molecule has 0 saturated carbocycles. The van der Waals surface area contributed by atoms with Gasteiger partial charge in [-0.1, -0.05) is 12.1 Å². The van der Waals surface area contributed by atoms with Crippen molar-refractivity contribution in [2.24, 2.45) is 0 Å². The molecule has 0 spiro atoms. The first-order valence-corrected chi connectivity index (χ1v) is 5.87. The summed E-state index contributed by atoms with van der Waals surface area (Å²) in [4.78, 5) is 32.7. The minimum atomic E-state index is -0.836. The van der Waals surface area contributed by atoms with Crippen LogP contribution in [0.4, 0.5) is 5.69 Å². The van der Waals surface area contributed by atoms with Crippen LogP contribution < -0.4 is 0 Å². The van der Waals surface area contributed by atoms with Crippen LogP contribution in [-0.4, -0.2) is 22.8 Å². The number of non-ortho nitro benzene ring substituents is 1. The van der Waals surface area contributed by atoms with Crippen LogP contribution >= 0.6 is 0 Å². The Labute approximate surface area is 110 Å². The number of esters is 1. The van der Waals surface area contributed by atoms with Crippen molar-refractivity contribution < 1.29 is 19.2 Å². The van der Waals surface area contributed by atoms with Gasteiger partial charge in [0.25, 0.3) is 5.69 Å². The zero-order valence-corrected chi connectivity index (χ0v) is 10.8. The van der Waals surface area contributed by atoms with Gasteiger partial charge in [-0.15, -0.1) is 0 Å². The van der Waals surface area contributed by atoms with Crippen LogP contribution in [0.15, 0.2) is 24.3 Å². The van der Waals surface area contributed by atoms with Crippen molar-refractivity contribution in [2.75, 3.05) is 0 Å². The van der Waals surface area contributed by atoms with Crippen LogP contribution in [0.1, 0.15) is 25.8 Å². The molecule has 1 aromatic carbocycles. The van der Waals surface area contributed by atoms with E-state index < -0.39 is 16.7 Å². The van der Waals surface area contributed by atoms with E-state index in [1.807, 2.05) is 0 Å². The van der Waals surface area contributed by atoms with Crippen LogP contribution in [0.5, 0.6) is 0 Å². The van der Waals surface area contributed by atoms with E-state index in [4.69, 9.17) is 4.74 Å². The Morgan fingerprint density at radius 2 is 1.84 bits per heavy atom. The Kier molecular flexibility index (Phi) is 5.17. The van der Waals surface area contributed by atoms with Crippen molar-refractivity contribution >= 4 is 17.4 Å². The van der Waals surface area contributed by atoms with Gasteiger partial charge in [-0.05, 0) is 25.8 Å². The van der Waals surface area contributed by atoms with Gasteiger partial charge in [0.2, 0.25) is 5.78 Å². The fourth-order valence-corrected chi connectivity index (χ4v) is 1.42. The molecule has 0 fully saturated rings. The first-order chi connectivity index (χ1) is 8.90. The quantitative estimate of drug-likeness (QED) is 0.340. The molecule has 0 aliphatic heterocycles. The number of nitro benzene ring substituents is 1. The third-order valence-corrected chi connectivity index (χ3v) is 2.36. The van der Waals surface area contributed by atoms with Crippen molar-refractivity contribution in [1.82, 2.24) is 0 Å². The lowest BCUT2D eigenvalue weighted by Gasteiger charge is -2.06. The summed E-state index contributed by atoms with van der Waals surface area (Å²) in [5.41, 5.74) is 0.755. The van der Waals surface area contributed by atoms with Crippen molar-refractivity contribution in [2.45, 2.75) is 32.8 Å². The number of carbonyl (C=O) groups is 2. The summed E-state index contributed by atoms with van der Waals surface area (Å²) < 4.78 is 4.77. The summed E-state index contributed by atoms with van der Waals surface area (Å²) in [5, 5.41) is 10.5. The lowest BCUT2D eigenvalue weighted by molar-refractivity contribution is -0.384. The smallest absolute Gasteiger partial charge is 0.374 e. The van der Waals surface area contributed by atoms with E-state index in [0.29, 0.717) is 6.42 Å². The summed E-state index contributed by atoms with van der Waals surface area (Å²) in [5.74, 6) is -1.43. The molecule has 0 saturated heterocycles. The highest BCUT2D eigenvalue weighted by molar-refractivity contribution is 6.33. The molecular weight excluding hydrogens is 250 g/mol. The van der Waals surface area contributed by atoms with Crippen molar-refractivity contribution in [1.29, 1.82) is 0 Å². The van der Waals surface area contributed by atoms with E-state index in [0.717, 1.165) is 5.56 Å². The molecule has 0 radical (unpaired) electrons. The first-order valence-electron chi connectivity index (χ1n) is 5.87. The first kappa shape index (κ1) is 14.8. The Morgan fingerprint density at radius 1 is 1.26 bits per heavy atom. The molecule has 6 nitrogen and oxygen atoms in total. The lowest BCUT2D eigenvalue weighted by Crippen LogP contribution is -2.21. The van der Waals surface area contributed by atoms with Gasteiger partial charge in [0.1, 0.15) is 0 Å². The largest absolute Gasteiger partial charge is 0.457 e. The van der Waals surface area contributed by atoms with Gasteiger partial charge in [0, 0.05) is 18.6 Å². The normalized spacial score (nSPS) is 10.3. The van der Waals surface area contributed by atoms with Gasteiger partial charge in [-0.2, -0.15) is 0 Å². The molecule has 1 rings (SSSR count). The maximum Gasteiger partial charge on any atom is 0.374 e. The predicted molar refractivity (Wildman–Crippen MR) is 67.7 cm³/mol. The molecule has 0 heterocycles. The zero-order chi connectivity index (χ0) is 14.4. The Morgan fingerprint density at radius 3 is 2.32 bits per heavy atom. The molecule has 6 heteroatoms. The van der Waals surface area contributed by atoms with Crippen molar-refractivity contribution in [3.8, 4) is 0 Å². The predicted octanol–water partition coefficient (Wildman–Crippen LogP) is 2.05. The summed E-state index contributed by atoms with van der Waals surface area (Å²) in [6.07, 6.45) is 0.0590. The topological polar surface area (TPSA) is 86.5 Å². The second-order valence-corrected chi connectivity index (χ2v) is 4.30. The number of carbonyl (C=O) groups excluding carboxylic acids is 2. The number of ether oxygens (including phenoxy) is 1. The minimum absolute atomic E-state index is 0.00528. The summed E-state index contributed by atoms with van der Waals surface area (Å²) in [7, 11) is 0. The molecule has 0 atom stereocenters. The van der Waals surface area contributed by atoms with Crippen LogP contribution in [0.3, 0.4) is 0 Å². The van der Waals surface area contributed by atoms with Gasteiger partial charge in [0.15, 0.2) is 0 Å². The average Bonchev–Trinajstić information content (AvgIpc) is 2.35. The maximum atomic E-state index is 11.4. The van der Waals surface area contributed by atoms with E-state index in [1.54, 1.807) is 26.0 Å². The number of rotatable bonds is 6. The van der Waals surface area contributed by atoms with Gasteiger partial charge in [-0.25, -0.2) is 4.79 Å². The molecular formula is C13H15NO5. The maximum absolute atomic E-state index is 11.4. The highest BCUT2D eigenvalue weighted by Gasteiger charge is 2.16. The standard InChI is InChI=1S/C13H15NO5/c1-9(2)19-13(16)12(15)8-5-10-3-6-11(7-4-10)14(17)18/h3-4,6-7,9H,5,8H2,1-2H3. The van der Waals surface area contributed by atoms with Gasteiger partial charge < -0.3 is 4.74 Å². The molecule has 0 N–H and O–H groups in total. The number of nitrogens with zero attached hydrogens (tertiary/aromatic N) is 1. The molecule has 0 unspecified atom stereocenters. The summed E-state index contributed by atoms with van der Waals surface area (Å²) >= 11 is 0. The number of aryl methyl sites for hydroxylation is 1. The zero-order valence-electron chi connectivity index (χ0n) is 10.8. The molecule has 0 aromatic heterocycles. The Hall–Kier alpha value is -2.24. The van der Waals surface area contributed by atoms with Crippen molar-refractivity contribution in [3.63, 3.8) is 0 Å². The van der Waals surface area contributed by atoms with Gasteiger partial charge in [0.05, 0.1) is 11.0 Å². The third kappa shape index (κ3) is 4.87. The lowest BCUT2D eigenvalue weighted by atomic mass is 10.1. The van der Waals surface area contributed by atoms with Gasteiger partial charge >= 0.3 is 5.97 Å². The Bertz CT molecular complexity index is 478. The van der Waals surface area contributed by atoms with Crippen LogP contribution in [-0.2, 0) is 20.7 Å². The van der Waals surface area contributed by atoms with Crippen molar-refractivity contribution in [3.05, 3.63) is 39.9 Å².